The maximum Gasteiger partial charge on any atom is 0.312 e. The van der Waals surface area contributed by atoms with Gasteiger partial charge in [-0.1, -0.05) is 0 Å². The lowest BCUT2D eigenvalue weighted by atomic mass is 9.99. The predicted molar refractivity (Wildman–Crippen MR) is 61.1 cm³/mol. The van der Waals surface area contributed by atoms with Crippen molar-refractivity contribution < 1.29 is 14.7 Å². The molecule has 96 valence electrons. The van der Waals surface area contributed by atoms with Crippen LogP contribution in [-0.4, -0.2) is 46.2 Å². The Morgan fingerprint density at radius 3 is 2.35 bits per heavy atom. The van der Waals surface area contributed by atoms with E-state index in [4.69, 9.17) is 5.73 Å². The fourth-order valence-corrected chi connectivity index (χ4v) is 3.01. The van der Waals surface area contributed by atoms with E-state index in [2.05, 4.69) is 5.32 Å². The second-order valence-electron chi connectivity index (χ2n) is 4.99. The summed E-state index contributed by atoms with van der Waals surface area (Å²) in [6.07, 6.45) is 2.88. The average molecular weight is 241 g/mol. The van der Waals surface area contributed by atoms with Gasteiger partial charge in [0.1, 0.15) is 6.04 Å². The Kier molecular flexibility index (Phi) is 3.24. The molecule has 6 heteroatoms. The minimum atomic E-state index is -0.685. The quantitative estimate of drug-likeness (QED) is 0.611. The van der Waals surface area contributed by atoms with Gasteiger partial charge in [-0.15, -0.1) is 0 Å². The molecule has 17 heavy (non-hydrogen) atoms. The number of nitrogens with one attached hydrogen (secondary N) is 1. The summed E-state index contributed by atoms with van der Waals surface area (Å²) in [6, 6.07) is -1.04. The average Bonchev–Trinajstić information content (AvgIpc) is 2.49. The van der Waals surface area contributed by atoms with E-state index in [0.717, 1.165) is 12.8 Å². The number of carbonyl (C=O) groups is 2. The zero-order chi connectivity index (χ0) is 12.6. The number of aliphatic hydroxyl groups is 1. The van der Waals surface area contributed by atoms with Crippen molar-refractivity contribution in [3.63, 3.8) is 0 Å². The summed E-state index contributed by atoms with van der Waals surface area (Å²) >= 11 is 0. The summed E-state index contributed by atoms with van der Waals surface area (Å²) < 4.78 is 0. The number of carbonyl (C=O) groups excluding carboxylic acids is 2. The van der Waals surface area contributed by atoms with Crippen molar-refractivity contribution in [3.05, 3.63) is 0 Å². The lowest BCUT2D eigenvalue weighted by molar-refractivity contribution is -0.139. The molecule has 2 aliphatic rings. The normalized spacial score (nSPS) is 33.3. The van der Waals surface area contributed by atoms with Crippen molar-refractivity contribution in [2.75, 3.05) is 0 Å². The first kappa shape index (κ1) is 12.2. The third kappa shape index (κ3) is 2.36. The standard InChI is InChI=1S/C11H19N3O3/c1-6(13-11(12)17)10(16)14-7-2-3-8(14)5-9(15)4-7/h6-9,15H,2-5H2,1H3,(H3,12,13,17). The minimum absolute atomic E-state index is 0.0943. The second-order valence-corrected chi connectivity index (χ2v) is 4.99. The molecule has 0 saturated carbocycles. The number of piperidine rings is 1. The smallest absolute Gasteiger partial charge is 0.312 e. The zero-order valence-electron chi connectivity index (χ0n) is 9.93. The summed E-state index contributed by atoms with van der Waals surface area (Å²) in [5.41, 5.74) is 5.01. The van der Waals surface area contributed by atoms with E-state index in [0.29, 0.717) is 12.8 Å². The van der Waals surface area contributed by atoms with Crippen LogP contribution in [0.25, 0.3) is 0 Å². The number of primary amides is 1. The van der Waals surface area contributed by atoms with Gasteiger partial charge in [0.05, 0.1) is 6.10 Å². The number of nitrogens with zero attached hydrogens (tertiary/aromatic N) is 1. The van der Waals surface area contributed by atoms with Crippen LogP contribution in [0.4, 0.5) is 4.79 Å². The minimum Gasteiger partial charge on any atom is -0.393 e. The van der Waals surface area contributed by atoms with Crippen LogP contribution in [0.3, 0.4) is 0 Å². The molecule has 2 rings (SSSR count). The van der Waals surface area contributed by atoms with Gasteiger partial charge < -0.3 is 21.1 Å². The van der Waals surface area contributed by atoms with Gasteiger partial charge in [-0.3, -0.25) is 4.79 Å². The SMILES string of the molecule is CC(NC(N)=O)C(=O)N1C2CCC1CC(O)C2. The van der Waals surface area contributed by atoms with Crippen LogP contribution in [0.1, 0.15) is 32.6 Å². The Bertz CT molecular complexity index is 320. The van der Waals surface area contributed by atoms with Crippen molar-refractivity contribution in [1.82, 2.24) is 10.2 Å². The molecule has 2 aliphatic heterocycles. The lowest BCUT2D eigenvalue weighted by Gasteiger charge is -2.38. The van der Waals surface area contributed by atoms with Gasteiger partial charge in [-0.25, -0.2) is 4.79 Å². The van der Waals surface area contributed by atoms with Gasteiger partial charge in [0.2, 0.25) is 5.91 Å². The van der Waals surface area contributed by atoms with E-state index >= 15 is 0 Å². The van der Waals surface area contributed by atoms with Gasteiger partial charge in [0.25, 0.3) is 0 Å². The van der Waals surface area contributed by atoms with E-state index < -0.39 is 12.1 Å². The highest BCUT2D eigenvalue weighted by molar-refractivity contribution is 5.86. The van der Waals surface area contributed by atoms with Crippen molar-refractivity contribution >= 4 is 11.9 Å². The first-order valence-corrected chi connectivity index (χ1v) is 6.05. The highest BCUT2D eigenvalue weighted by Crippen LogP contribution is 2.36. The second kappa shape index (κ2) is 4.52. The molecule has 6 nitrogen and oxygen atoms in total. The molecule has 0 spiro atoms. The third-order valence-electron chi connectivity index (χ3n) is 3.69. The molecule has 0 aromatic carbocycles. The van der Waals surface area contributed by atoms with Crippen LogP contribution in [-0.2, 0) is 4.79 Å². The fraction of sp³-hybridized carbons (Fsp3) is 0.818. The van der Waals surface area contributed by atoms with Gasteiger partial charge in [-0.05, 0) is 32.6 Å². The van der Waals surface area contributed by atoms with E-state index in [1.54, 1.807) is 6.92 Å². The number of amides is 3. The molecule has 2 saturated heterocycles. The molecule has 0 radical (unpaired) electrons. The molecular formula is C11H19N3O3. The molecule has 2 heterocycles. The van der Waals surface area contributed by atoms with Crippen LogP contribution < -0.4 is 11.1 Å². The van der Waals surface area contributed by atoms with Crippen molar-refractivity contribution in [2.24, 2.45) is 5.73 Å². The molecule has 3 unspecified atom stereocenters. The summed E-state index contributed by atoms with van der Waals surface area (Å²) in [5, 5.41) is 12.1. The molecule has 4 N–H and O–H groups in total. The summed E-state index contributed by atoms with van der Waals surface area (Å²) in [7, 11) is 0. The largest absolute Gasteiger partial charge is 0.393 e. The Morgan fingerprint density at radius 1 is 1.35 bits per heavy atom. The number of rotatable bonds is 2. The van der Waals surface area contributed by atoms with Gasteiger partial charge >= 0.3 is 6.03 Å². The maximum absolute atomic E-state index is 12.2. The Hall–Kier alpha value is -1.30. The number of urea groups is 1. The van der Waals surface area contributed by atoms with Gasteiger partial charge in [0, 0.05) is 12.1 Å². The highest BCUT2D eigenvalue weighted by atomic mass is 16.3. The lowest BCUT2D eigenvalue weighted by Crippen LogP contribution is -2.55. The van der Waals surface area contributed by atoms with Crippen LogP contribution in [0.15, 0.2) is 0 Å². The van der Waals surface area contributed by atoms with E-state index in [1.165, 1.54) is 0 Å². The van der Waals surface area contributed by atoms with E-state index in [9.17, 15) is 14.7 Å². The summed E-state index contributed by atoms with van der Waals surface area (Å²) in [4.78, 5) is 24.7. The monoisotopic (exact) mass is 241 g/mol. The van der Waals surface area contributed by atoms with E-state index in [-0.39, 0.29) is 24.1 Å². The van der Waals surface area contributed by atoms with Crippen LogP contribution in [0.2, 0.25) is 0 Å². The highest BCUT2D eigenvalue weighted by Gasteiger charge is 2.43. The van der Waals surface area contributed by atoms with Crippen LogP contribution in [0.5, 0.6) is 0 Å². The summed E-state index contributed by atoms with van der Waals surface area (Å²) in [6.45, 7) is 1.64. The zero-order valence-corrected chi connectivity index (χ0v) is 9.93. The number of fused-ring (bicyclic) bond motifs is 2. The predicted octanol–water partition coefficient (Wildman–Crippen LogP) is -0.442. The Labute approximate surface area is 100 Å². The number of hydrogen-bond acceptors (Lipinski definition) is 3. The van der Waals surface area contributed by atoms with Crippen molar-refractivity contribution in [3.8, 4) is 0 Å². The maximum atomic E-state index is 12.2. The number of nitrogens with two attached hydrogens (primary N) is 1. The molecule has 0 aliphatic carbocycles. The van der Waals surface area contributed by atoms with Crippen molar-refractivity contribution in [1.29, 1.82) is 0 Å². The van der Waals surface area contributed by atoms with Crippen LogP contribution >= 0.6 is 0 Å². The topological polar surface area (TPSA) is 95.7 Å². The first-order chi connectivity index (χ1) is 7.99. The third-order valence-corrected chi connectivity index (χ3v) is 3.69. The first-order valence-electron chi connectivity index (χ1n) is 6.05. The van der Waals surface area contributed by atoms with Crippen molar-refractivity contribution in [2.45, 2.75) is 56.8 Å². The molecule has 3 atom stereocenters. The Morgan fingerprint density at radius 2 is 1.88 bits per heavy atom. The van der Waals surface area contributed by atoms with Gasteiger partial charge in [-0.2, -0.15) is 0 Å². The van der Waals surface area contributed by atoms with Gasteiger partial charge in [0.15, 0.2) is 0 Å². The molecular weight excluding hydrogens is 222 g/mol. The molecule has 3 amide bonds. The molecule has 0 aromatic heterocycles. The Balaban J connectivity index is 2.03. The fourth-order valence-electron chi connectivity index (χ4n) is 3.01. The molecule has 2 bridgehead atoms. The summed E-state index contributed by atoms with van der Waals surface area (Å²) in [5.74, 6) is -0.0943. The number of aliphatic hydroxyl groups excluding tert-OH is 1. The molecule has 2 fully saturated rings. The number of hydrogen-bond donors (Lipinski definition) is 3. The van der Waals surface area contributed by atoms with E-state index in [1.807, 2.05) is 4.90 Å². The molecule has 0 aromatic rings. The van der Waals surface area contributed by atoms with Crippen LogP contribution in [0, 0.1) is 0 Å².